The summed E-state index contributed by atoms with van der Waals surface area (Å²) < 4.78 is 11.5. The Morgan fingerprint density at radius 1 is 1.06 bits per heavy atom. The fourth-order valence-electron chi connectivity index (χ4n) is 3.94. The molecule has 1 aromatic heterocycles. The van der Waals surface area contributed by atoms with E-state index in [1.165, 1.54) is 69.1 Å². The topological polar surface area (TPSA) is 48.4 Å². The molecule has 0 radical (unpaired) electrons. The van der Waals surface area contributed by atoms with Crippen LogP contribution in [0, 0.1) is 11.8 Å². The summed E-state index contributed by atoms with van der Waals surface area (Å²) >= 11 is 1.39. The lowest BCUT2D eigenvalue weighted by atomic mass is 9.89. The van der Waals surface area contributed by atoms with Crippen LogP contribution in [0.3, 0.4) is 0 Å². The van der Waals surface area contributed by atoms with Gasteiger partial charge in [0.2, 0.25) is 0 Å². The molecule has 0 fully saturated rings. The van der Waals surface area contributed by atoms with E-state index in [-0.39, 0.29) is 5.97 Å². The van der Waals surface area contributed by atoms with Gasteiger partial charge in [0, 0.05) is 18.4 Å². The van der Waals surface area contributed by atoms with Gasteiger partial charge < -0.3 is 9.16 Å². The zero-order valence-corrected chi connectivity index (χ0v) is 22.4. The van der Waals surface area contributed by atoms with Crippen molar-refractivity contribution >= 4 is 26.3 Å². The van der Waals surface area contributed by atoms with Crippen LogP contribution in [-0.4, -0.2) is 33.2 Å². The Balaban J connectivity index is 2.54. The van der Waals surface area contributed by atoms with Crippen molar-refractivity contribution in [3.63, 3.8) is 0 Å². The molecule has 0 bridgehead atoms. The number of carbonyl (C=O) groups is 1. The molecule has 0 aliphatic heterocycles. The summed E-state index contributed by atoms with van der Waals surface area (Å²) in [5.41, 5.74) is 0.349. The molecule has 0 amide bonds. The summed E-state index contributed by atoms with van der Waals surface area (Å²) in [6, 6.07) is 0. The molecular formula is C25H43NO3SSi. The van der Waals surface area contributed by atoms with Crippen LogP contribution < -0.4 is 0 Å². The standard InChI is InChI=1S/C25H43NO3SSi/c1-6-10-17-25(18-11-7-2,19-12-8-3)31(5)29-20-15-13-14-16-23-26-22(21-30-23)24(27)28-9-4/h21,31H,6-13,15,17-20H2,1-5H3. The molecule has 31 heavy (non-hydrogen) atoms. The van der Waals surface area contributed by atoms with Gasteiger partial charge in [-0.05, 0) is 50.1 Å². The predicted molar refractivity (Wildman–Crippen MR) is 134 cm³/mol. The maximum atomic E-state index is 11.7. The zero-order valence-electron chi connectivity index (χ0n) is 20.4. The van der Waals surface area contributed by atoms with Gasteiger partial charge in [-0.15, -0.1) is 11.3 Å². The van der Waals surface area contributed by atoms with Crippen molar-refractivity contribution in [2.45, 2.75) is 110 Å². The van der Waals surface area contributed by atoms with Crippen LogP contribution in [0.5, 0.6) is 0 Å². The summed E-state index contributed by atoms with van der Waals surface area (Å²) in [5, 5.41) is 2.84. The van der Waals surface area contributed by atoms with Gasteiger partial charge in [0.15, 0.2) is 19.7 Å². The second-order valence-corrected chi connectivity index (χ2v) is 12.1. The molecule has 1 unspecified atom stereocenters. The molecule has 0 N–H and O–H groups in total. The number of hydrogen-bond donors (Lipinski definition) is 0. The summed E-state index contributed by atoms with van der Waals surface area (Å²) in [7, 11) is -1.28. The maximum absolute atomic E-state index is 11.7. The van der Waals surface area contributed by atoms with E-state index in [2.05, 4.69) is 44.1 Å². The number of aromatic nitrogens is 1. The molecule has 1 rings (SSSR count). The SMILES string of the molecule is CCCCC(CCCC)(CCCC)[SiH](C)OCCCC#Cc1nc(C(=O)OCC)cs1. The lowest BCUT2D eigenvalue weighted by Crippen LogP contribution is -2.34. The fraction of sp³-hybridized carbons (Fsp3) is 0.760. The Morgan fingerprint density at radius 2 is 1.68 bits per heavy atom. The molecule has 1 aromatic rings. The molecule has 0 aromatic carbocycles. The smallest absolute Gasteiger partial charge is 0.357 e. The molecule has 0 spiro atoms. The van der Waals surface area contributed by atoms with Crippen molar-refractivity contribution in [3.8, 4) is 11.8 Å². The van der Waals surface area contributed by atoms with E-state index in [1.807, 2.05) is 0 Å². The molecule has 0 saturated heterocycles. The van der Waals surface area contributed by atoms with Crippen LogP contribution in [-0.2, 0) is 9.16 Å². The Labute approximate surface area is 196 Å². The lowest BCUT2D eigenvalue weighted by Gasteiger charge is -2.39. The first-order chi connectivity index (χ1) is 15.0. The van der Waals surface area contributed by atoms with Gasteiger partial charge in [-0.3, -0.25) is 0 Å². The molecule has 0 aliphatic rings. The minimum absolute atomic E-state index is 0.349. The van der Waals surface area contributed by atoms with Gasteiger partial charge in [-0.2, -0.15) is 0 Å². The van der Waals surface area contributed by atoms with Gasteiger partial charge in [-0.25, -0.2) is 9.78 Å². The van der Waals surface area contributed by atoms with Gasteiger partial charge in [-0.1, -0.05) is 65.2 Å². The van der Waals surface area contributed by atoms with Crippen LogP contribution in [0.25, 0.3) is 0 Å². The molecule has 176 valence electrons. The van der Waals surface area contributed by atoms with Gasteiger partial charge >= 0.3 is 5.97 Å². The summed E-state index contributed by atoms with van der Waals surface area (Å²) in [6.45, 7) is 12.3. The van der Waals surface area contributed by atoms with Gasteiger partial charge in [0.25, 0.3) is 0 Å². The Kier molecular flexibility index (Phi) is 14.8. The lowest BCUT2D eigenvalue weighted by molar-refractivity contribution is 0.0520. The highest BCUT2D eigenvalue weighted by Crippen LogP contribution is 2.46. The van der Waals surface area contributed by atoms with Crippen molar-refractivity contribution < 1.29 is 14.0 Å². The van der Waals surface area contributed by atoms with E-state index >= 15 is 0 Å². The quantitative estimate of drug-likeness (QED) is 0.113. The van der Waals surface area contributed by atoms with Crippen molar-refractivity contribution in [1.82, 2.24) is 4.98 Å². The van der Waals surface area contributed by atoms with E-state index in [0.717, 1.165) is 19.4 Å². The third kappa shape index (κ3) is 10.3. The summed E-state index contributed by atoms with van der Waals surface area (Å²) in [4.78, 5) is 15.9. The average molecular weight is 466 g/mol. The second-order valence-electron chi connectivity index (χ2n) is 8.35. The number of ether oxygens (including phenoxy) is 1. The molecule has 6 heteroatoms. The van der Waals surface area contributed by atoms with E-state index in [9.17, 15) is 4.79 Å². The van der Waals surface area contributed by atoms with Crippen molar-refractivity contribution in [1.29, 1.82) is 0 Å². The minimum atomic E-state index is -1.28. The number of rotatable bonds is 16. The van der Waals surface area contributed by atoms with Gasteiger partial charge in [0.1, 0.15) is 0 Å². The number of nitrogens with zero attached hydrogens (tertiary/aromatic N) is 1. The number of esters is 1. The highest BCUT2D eigenvalue weighted by molar-refractivity contribution is 7.10. The molecule has 0 aliphatic carbocycles. The largest absolute Gasteiger partial charge is 0.461 e. The number of carbonyl (C=O) groups excluding carboxylic acids is 1. The highest BCUT2D eigenvalue weighted by atomic mass is 32.1. The van der Waals surface area contributed by atoms with E-state index < -0.39 is 9.04 Å². The van der Waals surface area contributed by atoms with Crippen LogP contribution >= 0.6 is 11.3 Å². The third-order valence-electron chi connectivity index (χ3n) is 5.95. The first-order valence-corrected chi connectivity index (χ1v) is 15.3. The average Bonchev–Trinajstić information content (AvgIpc) is 3.25. The number of unbranched alkanes of at least 4 members (excludes halogenated alkanes) is 4. The fourth-order valence-corrected chi connectivity index (χ4v) is 7.30. The van der Waals surface area contributed by atoms with E-state index in [0.29, 0.717) is 22.3 Å². The number of hydrogen-bond acceptors (Lipinski definition) is 5. The maximum Gasteiger partial charge on any atom is 0.357 e. The van der Waals surface area contributed by atoms with Crippen LogP contribution in [0.1, 0.15) is 114 Å². The number of thiazole rings is 1. The first kappa shape index (κ1) is 27.9. The first-order valence-electron chi connectivity index (χ1n) is 12.3. The van der Waals surface area contributed by atoms with E-state index in [1.54, 1.807) is 12.3 Å². The van der Waals surface area contributed by atoms with Crippen molar-refractivity contribution in [2.24, 2.45) is 0 Å². The van der Waals surface area contributed by atoms with Crippen LogP contribution in [0.2, 0.25) is 11.6 Å². The molecular weight excluding hydrogens is 422 g/mol. The minimum Gasteiger partial charge on any atom is -0.461 e. The highest BCUT2D eigenvalue weighted by Gasteiger charge is 2.36. The Hall–Kier alpha value is -1.16. The summed E-state index contributed by atoms with van der Waals surface area (Å²) in [5.74, 6) is 5.87. The molecule has 1 heterocycles. The van der Waals surface area contributed by atoms with Crippen molar-refractivity contribution in [3.05, 3.63) is 16.1 Å². The Morgan fingerprint density at radius 3 is 2.23 bits per heavy atom. The monoisotopic (exact) mass is 465 g/mol. The van der Waals surface area contributed by atoms with Gasteiger partial charge in [0.05, 0.1) is 6.61 Å². The third-order valence-corrected chi connectivity index (χ3v) is 10.0. The summed E-state index contributed by atoms with van der Waals surface area (Å²) in [6.07, 6.45) is 13.5. The zero-order chi connectivity index (χ0) is 23.0. The molecule has 0 saturated carbocycles. The second kappa shape index (κ2) is 16.5. The Bertz CT molecular complexity index is 658. The normalized spacial score (nSPS) is 12.3. The van der Waals surface area contributed by atoms with E-state index in [4.69, 9.17) is 9.16 Å². The predicted octanol–water partition coefficient (Wildman–Crippen LogP) is 7.13. The van der Waals surface area contributed by atoms with Crippen molar-refractivity contribution in [2.75, 3.05) is 13.2 Å². The van der Waals surface area contributed by atoms with Crippen LogP contribution in [0.4, 0.5) is 0 Å². The molecule has 4 nitrogen and oxygen atoms in total. The molecule has 1 atom stereocenters. The van der Waals surface area contributed by atoms with Crippen LogP contribution in [0.15, 0.2) is 5.38 Å².